The average Bonchev–Trinajstić information content (AvgIpc) is 2.16. The highest BCUT2D eigenvalue weighted by Crippen LogP contribution is 2.21. The molecular formula is C9H8F2O4S. The van der Waals surface area contributed by atoms with Crippen LogP contribution in [0.1, 0.15) is 6.42 Å². The molecule has 0 aliphatic rings. The summed E-state index contributed by atoms with van der Waals surface area (Å²) >= 11 is 0. The molecular weight excluding hydrogens is 242 g/mol. The predicted molar refractivity (Wildman–Crippen MR) is 50.7 cm³/mol. The van der Waals surface area contributed by atoms with Crippen molar-refractivity contribution in [1.29, 1.82) is 0 Å². The fourth-order valence-electron chi connectivity index (χ4n) is 1.06. The number of alkyl halides is 1. The van der Waals surface area contributed by atoms with Gasteiger partial charge in [-0.25, -0.2) is 17.2 Å². The first-order valence-corrected chi connectivity index (χ1v) is 5.74. The van der Waals surface area contributed by atoms with Gasteiger partial charge in [0.1, 0.15) is 10.7 Å². The lowest BCUT2D eigenvalue weighted by atomic mass is 10.3. The lowest BCUT2D eigenvalue weighted by Gasteiger charge is -2.08. The summed E-state index contributed by atoms with van der Waals surface area (Å²) in [6, 6.07) is 4.22. The van der Waals surface area contributed by atoms with Gasteiger partial charge < -0.3 is 5.11 Å². The van der Waals surface area contributed by atoms with E-state index in [1.54, 1.807) is 0 Å². The van der Waals surface area contributed by atoms with Gasteiger partial charge in [0.05, 0.1) is 6.42 Å². The minimum atomic E-state index is -4.59. The molecule has 7 heteroatoms. The smallest absolute Gasteiger partial charge is 0.307 e. The molecule has 0 radical (unpaired) electrons. The molecule has 0 aliphatic heterocycles. The van der Waals surface area contributed by atoms with Gasteiger partial charge in [0.25, 0.3) is 0 Å². The molecule has 0 amide bonds. The van der Waals surface area contributed by atoms with Gasteiger partial charge >= 0.3 is 5.97 Å². The Labute approximate surface area is 90.4 Å². The predicted octanol–water partition coefficient (Wildman–Crippen LogP) is 1.37. The van der Waals surface area contributed by atoms with Gasteiger partial charge in [0.15, 0.2) is 0 Å². The van der Waals surface area contributed by atoms with Crippen molar-refractivity contribution in [2.75, 3.05) is 0 Å². The van der Waals surface area contributed by atoms with Crippen LogP contribution < -0.4 is 0 Å². The molecule has 0 heterocycles. The van der Waals surface area contributed by atoms with Crippen molar-refractivity contribution in [2.24, 2.45) is 0 Å². The van der Waals surface area contributed by atoms with E-state index in [0.717, 1.165) is 12.1 Å². The average molecular weight is 250 g/mol. The van der Waals surface area contributed by atoms with Crippen LogP contribution in [0.2, 0.25) is 0 Å². The molecule has 0 bridgehead atoms. The maximum absolute atomic E-state index is 13.2. The number of halogens is 2. The topological polar surface area (TPSA) is 71.4 Å². The second-order valence-corrected chi connectivity index (χ2v) is 5.02. The van der Waals surface area contributed by atoms with Gasteiger partial charge in [-0.15, -0.1) is 0 Å². The van der Waals surface area contributed by atoms with E-state index in [1.807, 2.05) is 0 Å². The fraction of sp³-hybridized carbons (Fsp3) is 0.222. The zero-order valence-corrected chi connectivity index (χ0v) is 8.75. The molecule has 1 unspecified atom stereocenters. The summed E-state index contributed by atoms with van der Waals surface area (Å²) in [5.41, 5.74) is -2.65. The lowest BCUT2D eigenvalue weighted by Crippen LogP contribution is -2.21. The highest BCUT2D eigenvalue weighted by Gasteiger charge is 2.31. The summed E-state index contributed by atoms with van der Waals surface area (Å²) in [6.45, 7) is 0. The Kier molecular flexibility index (Phi) is 3.58. The van der Waals surface area contributed by atoms with Crippen LogP contribution >= 0.6 is 0 Å². The molecule has 0 aliphatic carbocycles. The number of sulfone groups is 1. The van der Waals surface area contributed by atoms with E-state index in [0.29, 0.717) is 0 Å². The summed E-state index contributed by atoms with van der Waals surface area (Å²) in [4.78, 5) is 9.34. The Hall–Kier alpha value is -1.50. The van der Waals surface area contributed by atoms with Crippen LogP contribution in [0.25, 0.3) is 0 Å². The fourth-order valence-corrected chi connectivity index (χ4v) is 2.31. The van der Waals surface area contributed by atoms with Gasteiger partial charge in [-0.1, -0.05) is 12.1 Å². The molecule has 1 aromatic carbocycles. The highest BCUT2D eigenvalue weighted by atomic mass is 32.2. The van der Waals surface area contributed by atoms with Crippen LogP contribution in [0.3, 0.4) is 0 Å². The number of hydrogen-bond acceptors (Lipinski definition) is 3. The van der Waals surface area contributed by atoms with Gasteiger partial charge in [0.2, 0.25) is 15.3 Å². The number of carboxylic acids is 1. The van der Waals surface area contributed by atoms with E-state index in [1.165, 1.54) is 12.1 Å². The third-order valence-corrected chi connectivity index (χ3v) is 3.60. The van der Waals surface area contributed by atoms with Crippen molar-refractivity contribution >= 4 is 15.8 Å². The van der Waals surface area contributed by atoms with Crippen LogP contribution in [0.5, 0.6) is 0 Å². The Balaban J connectivity index is 3.12. The van der Waals surface area contributed by atoms with E-state index in [2.05, 4.69) is 0 Å². The molecule has 1 aromatic rings. The maximum Gasteiger partial charge on any atom is 0.307 e. The number of benzene rings is 1. The van der Waals surface area contributed by atoms with Gasteiger partial charge in [0, 0.05) is 0 Å². The number of hydrogen-bond donors (Lipinski definition) is 1. The third-order valence-electron chi connectivity index (χ3n) is 1.81. The van der Waals surface area contributed by atoms with E-state index < -0.39 is 38.4 Å². The van der Waals surface area contributed by atoms with Crippen LogP contribution in [-0.4, -0.2) is 25.0 Å². The normalized spacial score (nSPS) is 13.4. The van der Waals surface area contributed by atoms with E-state index in [9.17, 15) is 22.0 Å². The number of carboxylic acid groups (broad SMARTS) is 1. The largest absolute Gasteiger partial charge is 0.481 e. The van der Waals surface area contributed by atoms with Crippen LogP contribution in [-0.2, 0) is 14.6 Å². The molecule has 0 fully saturated rings. The van der Waals surface area contributed by atoms with Gasteiger partial charge in [-0.05, 0) is 12.1 Å². The highest BCUT2D eigenvalue weighted by molar-refractivity contribution is 7.92. The molecule has 16 heavy (non-hydrogen) atoms. The second kappa shape index (κ2) is 4.56. The molecule has 1 rings (SSSR count). The summed E-state index contributed by atoms with van der Waals surface area (Å²) in [7, 11) is -4.59. The van der Waals surface area contributed by atoms with Crippen molar-refractivity contribution < 1.29 is 27.1 Å². The zero-order valence-electron chi connectivity index (χ0n) is 7.93. The maximum atomic E-state index is 13.2. The molecule has 88 valence electrons. The molecule has 1 N–H and O–H groups in total. The first kappa shape index (κ1) is 12.6. The number of carbonyl (C=O) groups is 1. The lowest BCUT2D eigenvalue weighted by molar-refractivity contribution is -0.137. The van der Waals surface area contributed by atoms with Crippen molar-refractivity contribution in [1.82, 2.24) is 0 Å². The monoisotopic (exact) mass is 250 g/mol. The molecule has 1 atom stereocenters. The Morgan fingerprint density at radius 2 is 1.94 bits per heavy atom. The van der Waals surface area contributed by atoms with Crippen molar-refractivity contribution in [3.8, 4) is 0 Å². The third kappa shape index (κ3) is 2.54. The molecule has 4 nitrogen and oxygen atoms in total. The van der Waals surface area contributed by atoms with Crippen LogP contribution in [0.4, 0.5) is 8.78 Å². The first-order chi connectivity index (χ1) is 7.35. The minimum absolute atomic E-state index is 0.830. The molecule has 0 spiro atoms. The SMILES string of the molecule is O=C(O)CC(F)S(=O)(=O)c1ccccc1F. The Morgan fingerprint density at radius 3 is 2.44 bits per heavy atom. The van der Waals surface area contributed by atoms with Crippen molar-refractivity contribution in [2.45, 2.75) is 16.8 Å². The number of rotatable bonds is 4. The number of aliphatic carboxylic acids is 1. The van der Waals surface area contributed by atoms with E-state index >= 15 is 0 Å². The molecule has 0 saturated heterocycles. The minimum Gasteiger partial charge on any atom is -0.481 e. The van der Waals surface area contributed by atoms with Crippen LogP contribution in [0.15, 0.2) is 29.2 Å². The second-order valence-electron chi connectivity index (χ2n) is 2.98. The summed E-state index contributed by atoms with van der Waals surface area (Å²) < 4.78 is 49.1. The summed E-state index contributed by atoms with van der Waals surface area (Å²) in [6.07, 6.45) is -1.21. The van der Waals surface area contributed by atoms with Gasteiger partial charge in [-0.2, -0.15) is 0 Å². The standard InChI is InChI=1S/C9H8F2O4S/c10-6-3-1-2-4-7(6)16(14,15)8(11)5-9(12)13/h1-4,8H,5H2,(H,12,13). The first-order valence-electron chi connectivity index (χ1n) is 4.20. The van der Waals surface area contributed by atoms with Crippen molar-refractivity contribution in [3.05, 3.63) is 30.1 Å². The van der Waals surface area contributed by atoms with E-state index in [4.69, 9.17) is 5.11 Å². The Morgan fingerprint density at radius 1 is 1.38 bits per heavy atom. The van der Waals surface area contributed by atoms with Crippen molar-refractivity contribution in [3.63, 3.8) is 0 Å². The molecule has 0 aromatic heterocycles. The quantitative estimate of drug-likeness (QED) is 0.876. The van der Waals surface area contributed by atoms with Gasteiger partial charge in [-0.3, -0.25) is 4.79 Å². The van der Waals surface area contributed by atoms with E-state index in [-0.39, 0.29) is 0 Å². The zero-order chi connectivity index (χ0) is 12.3. The summed E-state index contributed by atoms with van der Waals surface area (Å²) in [5.74, 6) is -2.71. The summed E-state index contributed by atoms with van der Waals surface area (Å²) in [5, 5.41) is 8.27. The van der Waals surface area contributed by atoms with Crippen LogP contribution in [0, 0.1) is 5.82 Å². The Bertz CT molecular complexity index is 498. The molecule has 0 saturated carbocycles.